The zero-order chi connectivity index (χ0) is 9.68. The summed E-state index contributed by atoms with van der Waals surface area (Å²) < 4.78 is 0. The van der Waals surface area contributed by atoms with E-state index in [2.05, 4.69) is 22.5 Å². The van der Waals surface area contributed by atoms with Crippen molar-refractivity contribution in [1.82, 2.24) is 9.97 Å². The molecule has 2 nitrogen and oxygen atoms in total. The molecule has 0 aliphatic heterocycles. The molecule has 13 heavy (non-hydrogen) atoms. The molecular formula is C9H14N2S2. The van der Waals surface area contributed by atoms with Gasteiger partial charge in [-0.3, -0.25) is 9.97 Å². The maximum atomic E-state index is 4.48. The monoisotopic (exact) mass is 214 g/mol. The van der Waals surface area contributed by atoms with Crippen molar-refractivity contribution in [3.05, 3.63) is 23.3 Å². The lowest BCUT2D eigenvalue weighted by atomic mass is 10.3. The second-order valence-electron chi connectivity index (χ2n) is 2.77. The summed E-state index contributed by atoms with van der Waals surface area (Å²) in [6, 6.07) is 0. The van der Waals surface area contributed by atoms with E-state index in [0.717, 1.165) is 28.6 Å². The van der Waals surface area contributed by atoms with Crippen LogP contribution in [0.1, 0.15) is 17.1 Å². The van der Waals surface area contributed by atoms with Gasteiger partial charge in [-0.05, 0) is 19.4 Å². The van der Waals surface area contributed by atoms with Crippen LogP contribution in [0.3, 0.4) is 0 Å². The van der Waals surface area contributed by atoms with E-state index in [9.17, 15) is 0 Å². The Bertz CT molecular complexity index is 276. The van der Waals surface area contributed by atoms with Crippen molar-refractivity contribution in [2.45, 2.75) is 18.4 Å². The predicted octanol–water partition coefficient (Wildman–Crippen LogP) is 2.51. The van der Waals surface area contributed by atoms with E-state index in [1.165, 1.54) is 0 Å². The maximum absolute atomic E-state index is 4.48. The first kappa shape index (κ1) is 10.9. The van der Waals surface area contributed by atoms with Crippen LogP contribution in [0.2, 0.25) is 0 Å². The van der Waals surface area contributed by atoms with Gasteiger partial charge in [-0.2, -0.15) is 23.5 Å². The van der Waals surface area contributed by atoms with Crippen LogP contribution in [0.5, 0.6) is 0 Å². The number of thioether (sulfide) groups is 2. The molecule has 1 rings (SSSR count). The van der Waals surface area contributed by atoms with Crippen LogP contribution in [0.15, 0.2) is 6.20 Å². The molecule has 4 heteroatoms. The summed E-state index contributed by atoms with van der Waals surface area (Å²) in [5.41, 5.74) is 3.28. The van der Waals surface area contributed by atoms with Gasteiger partial charge in [-0.15, -0.1) is 0 Å². The third kappa shape index (κ3) is 3.19. The molecule has 1 aromatic heterocycles. The summed E-state index contributed by atoms with van der Waals surface area (Å²) in [4.78, 5) is 8.87. The van der Waals surface area contributed by atoms with Crippen LogP contribution >= 0.6 is 23.5 Å². The lowest BCUT2D eigenvalue weighted by Crippen LogP contribution is -2.00. The van der Waals surface area contributed by atoms with Crippen LogP contribution in [0, 0.1) is 6.92 Å². The van der Waals surface area contributed by atoms with Crippen LogP contribution < -0.4 is 0 Å². The Morgan fingerprint density at radius 1 is 1.15 bits per heavy atom. The normalized spacial score (nSPS) is 10.4. The van der Waals surface area contributed by atoms with Crippen molar-refractivity contribution < 1.29 is 0 Å². The van der Waals surface area contributed by atoms with Crippen LogP contribution in [0.25, 0.3) is 0 Å². The van der Waals surface area contributed by atoms with E-state index < -0.39 is 0 Å². The second kappa shape index (κ2) is 5.50. The molecule has 0 fully saturated rings. The lowest BCUT2D eigenvalue weighted by molar-refractivity contribution is 0.984. The molecule has 0 unspecified atom stereocenters. The van der Waals surface area contributed by atoms with Crippen LogP contribution in [0.4, 0.5) is 0 Å². The highest BCUT2D eigenvalue weighted by Gasteiger charge is 2.04. The van der Waals surface area contributed by atoms with E-state index >= 15 is 0 Å². The van der Waals surface area contributed by atoms with Crippen molar-refractivity contribution in [3.63, 3.8) is 0 Å². The number of aryl methyl sites for hydroxylation is 1. The van der Waals surface area contributed by atoms with E-state index in [1.807, 2.05) is 13.1 Å². The fourth-order valence-corrected chi connectivity index (χ4v) is 2.08. The quantitative estimate of drug-likeness (QED) is 0.769. The molecule has 0 atom stereocenters. The van der Waals surface area contributed by atoms with E-state index in [0.29, 0.717) is 0 Å². The van der Waals surface area contributed by atoms with Crippen molar-refractivity contribution in [2.24, 2.45) is 0 Å². The highest BCUT2D eigenvalue weighted by molar-refractivity contribution is 7.98. The van der Waals surface area contributed by atoms with Crippen LogP contribution in [-0.2, 0) is 11.5 Å². The molecule has 0 amide bonds. The number of aromatic nitrogens is 2. The minimum Gasteiger partial charge on any atom is -0.257 e. The van der Waals surface area contributed by atoms with E-state index in [1.54, 1.807) is 23.5 Å². The van der Waals surface area contributed by atoms with Crippen molar-refractivity contribution in [1.29, 1.82) is 0 Å². The number of rotatable bonds is 4. The molecule has 0 saturated carbocycles. The molecule has 0 N–H and O–H groups in total. The molecule has 0 saturated heterocycles. The molecule has 0 spiro atoms. The molecule has 0 aliphatic carbocycles. The summed E-state index contributed by atoms with van der Waals surface area (Å²) >= 11 is 3.58. The first-order valence-electron chi connectivity index (χ1n) is 4.07. The summed E-state index contributed by atoms with van der Waals surface area (Å²) in [6.07, 6.45) is 6.02. The third-order valence-electron chi connectivity index (χ3n) is 1.61. The van der Waals surface area contributed by atoms with E-state index in [-0.39, 0.29) is 0 Å². The van der Waals surface area contributed by atoms with Gasteiger partial charge in [0.15, 0.2) is 0 Å². The molecule has 0 aliphatic rings. The molecule has 1 aromatic rings. The van der Waals surface area contributed by atoms with Gasteiger partial charge in [0.05, 0.1) is 17.1 Å². The molecule has 1 heterocycles. The van der Waals surface area contributed by atoms with Gasteiger partial charge in [-0.1, -0.05) is 0 Å². The lowest BCUT2D eigenvalue weighted by Gasteiger charge is -2.05. The first-order valence-corrected chi connectivity index (χ1v) is 6.86. The topological polar surface area (TPSA) is 25.8 Å². The molecule has 0 bridgehead atoms. The highest BCUT2D eigenvalue weighted by Crippen LogP contribution is 2.15. The van der Waals surface area contributed by atoms with Gasteiger partial charge in [0, 0.05) is 17.7 Å². The summed E-state index contributed by atoms with van der Waals surface area (Å²) in [5.74, 6) is 1.92. The van der Waals surface area contributed by atoms with Crippen molar-refractivity contribution >= 4 is 23.5 Å². The molecular weight excluding hydrogens is 200 g/mol. The summed E-state index contributed by atoms with van der Waals surface area (Å²) in [7, 11) is 0. The Hall–Kier alpha value is -0.220. The maximum Gasteiger partial charge on any atom is 0.0729 e. The Balaban J connectivity index is 2.89. The fourth-order valence-electron chi connectivity index (χ4n) is 1.06. The minimum atomic E-state index is 0.961. The number of nitrogens with zero attached hydrogens (tertiary/aromatic N) is 2. The highest BCUT2D eigenvalue weighted by atomic mass is 32.2. The molecule has 72 valence electrons. The predicted molar refractivity (Wildman–Crippen MR) is 61.2 cm³/mol. The average Bonchev–Trinajstić information content (AvgIpc) is 2.10. The Labute approximate surface area is 87.9 Å². The smallest absolute Gasteiger partial charge is 0.0729 e. The number of hydrogen-bond acceptors (Lipinski definition) is 4. The zero-order valence-electron chi connectivity index (χ0n) is 8.20. The number of hydrogen-bond donors (Lipinski definition) is 0. The zero-order valence-corrected chi connectivity index (χ0v) is 9.84. The standard InChI is InChI=1S/C9H14N2S2/c1-7-4-10-8(5-12-2)9(11-7)6-13-3/h4H,5-6H2,1-3H3. The molecule has 0 radical (unpaired) electrons. The fraction of sp³-hybridized carbons (Fsp3) is 0.556. The van der Waals surface area contributed by atoms with Crippen LogP contribution in [-0.4, -0.2) is 22.5 Å². The van der Waals surface area contributed by atoms with Gasteiger partial charge < -0.3 is 0 Å². The third-order valence-corrected chi connectivity index (χ3v) is 2.74. The average molecular weight is 214 g/mol. The van der Waals surface area contributed by atoms with Gasteiger partial charge in [0.2, 0.25) is 0 Å². The van der Waals surface area contributed by atoms with Crippen molar-refractivity contribution in [3.8, 4) is 0 Å². The Kier molecular flexibility index (Phi) is 4.59. The van der Waals surface area contributed by atoms with Crippen molar-refractivity contribution in [2.75, 3.05) is 12.5 Å². The molecule has 0 aromatic carbocycles. The Morgan fingerprint density at radius 2 is 1.77 bits per heavy atom. The summed E-state index contributed by atoms with van der Waals surface area (Å²) in [5, 5.41) is 0. The van der Waals surface area contributed by atoms with Gasteiger partial charge in [0.1, 0.15) is 0 Å². The van der Waals surface area contributed by atoms with Gasteiger partial charge in [0.25, 0.3) is 0 Å². The summed E-state index contributed by atoms with van der Waals surface area (Å²) in [6.45, 7) is 1.99. The van der Waals surface area contributed by atoms with Gasteiger partial charge in [-0.25, -0.2) is 0 Å². The van der Waals surface area contributed by atoms with Gasteiger partial charge >= 0.3 is 0 Å². The SMILES string of the molecule is CSCc1ncc(C)nc1CSC. The van der Waals surface area contributed by atoms with E-state index in [4.69, 9.17) is 0 Å². The Morgan fingerprint density at radius 3 is 2.38 bits per heavy atom. The minimum absolute atomic E-state index is 0.961. The second-order valence-corrected chi connectivity index (χ2v) is 4.50. The largest absolute Gasteiger partial charge is 0.257 e. The first-order chi connectivity index (χ1) is 6.27.